The van der Waals surface area contributed by atoms with E-state index < -0.39 is 0 Å². The number of aliphatic imine (C=N–C) groups is 1. The Bertz CT molecular complexity index is 543. The lowest BCUT2D eigenvalue weighted by Crippen LogP contribution is -2.22. The summed E-state index contributed by atoms with van der Waals surface area (Å²) in [6.07, 6.45) is 7.25. The molecule has 2 aliphatic rings. The van der Waals surface area contributed by atoms with E-state index in [1.807, 2.05) is 0 Å². The predicted molar refractivity (Wildman–Crippen MR) is 82.3 cm³/mol. The lowest BCUT2D eigenvalue weighted by Gasteiger charge is -2.36. The number of para-hydroxylation sites is 1. The van der Waals surface area contributed by atoms with E-state index in [0.717, 1.165) is 5.69 Å². The second kappa shape index (κ2) is 4.63. The van der Waals surface area contributed by atoms with Crippen molar-refractivity contribution >= 4 is 11.9 Å². The first-order valence-electron chi connectivity index (χ1n) is 7.42. The lowest BCUT2D eigenvalue weighted by molar-refractivity contribution is 0.343. The molecular formula is C18H23N. The van der Waals surface area contributed by atoms with Crippen LogP contribution in [0.4, 0.5) is 5.69 Å². The maximum Gasteiger partial charge on any atom is 0.0668 e. The third-order valence-corrected chi connectivity index (χ3v) is 4.38. The Kier molecular flexibility index (Phi) is 3.08. The van der Waals surface area contributed by atoms with Crippen LogP contribution in [-0.4, -0.2) is 6.21 Å². The molecule has 0 radical (unpaired) electrons. The van der Waals surface area contributed by atoms with Gasteiger partial charge in [-0.25, -0.2) is 0 Å². The maximum atomic E-state index is 4.75. The molecule has 0 spiro atoms. The Hall–Kier alpha value is -1.37. The second-order valence-corrected chi connectivity index (χ2v) is 6.87. The Balaban J connectivity index is 2.20. The number of allylic oxidation sites excluding steroid dienone is 2. The van der Waals surface area contributed by atoms with Crippen molar-refractivity contribution in [2.75, 3.05) is 0 Å². The van der Waals surface area contributed by atoms with E-state index in [1.54, 1.807) is 5.57 Å². The fourth-order valence-electron chi connectivity index (χ4n) is 3.60. The van der Waals surface area contributed by atoms with Crippen LogP contribution in [0.2, 0.25) is 0 Å². The van der Waals surface area contributed by atoms with Crippen molar-refractivity contribution in [1.29, 1.82) is 0 Å². The van der Waals surface area contributed by atoms with Gasteiger partial charge in [-0.2, -0.15) is 0 Å². The van der Waals surface area contributed by atoms with Crippen LogP contribution in [0.25, 0.3) is 0 Å². The average molecular weight is 253 g/mol. The van der Waals surface area contributed by atoms with Gasteiger partial charge in [0.1, 0.15) is 0 Å². The van der Waals surface area contributed by atoms with Crippen molar-refractivity contribution in [3.05, 3.63) is 41.0 Å². The van der Waals surface area contributed by atoms with Gasteiger partial charge in [0.2, 0.25) is 0 Å². The molecule has 1 heterocycles. The summed E-state index contributed by atoms with van der Waals surface area (Å²) in [5.41, 5.74) is 5.98. The summed E-state index contributed by atoms with van der Waals surface area (Å²) in [5, 5.41) is 0. The first-order chi connectivity index (χ1) is 9.07. The van der Waals surface area contributed by atoms with Gasteiger partial charge in [-0.05, 0) is 48.3 Å². The summed E-state index contributed by atoms with van der Waals surface area (Å²) in [6, 6.07) is 8.68. The highest BCUT2D eigenvalue weighted by Gasteiger charge is 2.34. The van der Waals surface area contributed by atoms with Crippen molar-refractivity contribution in [3.63, 3.8) is 0 Å². The lowest BCUT2D eigenvalue weighted by atomic mass is 9.68. The van der Waals surface area contributed by atoms with Gasteiger partial charge in [0.15, 0.2) is 0 Å². The smallest absolute Gasteiger partial charge is 0.0668 e. The van der Waals surface area contributed by atoms with Gasteiger partial charge in [-0.1, -0.05) is 44.5 Å². The van der Waals surface area contributed by atoms with Gasteiger partial charge < -0.3 is 0 Å². The summed E-state index contributed by atoms with van der Waals surface area (Å²) >= 11 is 0. The molecule has 19 heavy (non-hydrogen) atoms. The van der Waals surface area contributed by atoms with E-state index in [1.165, 1.54) is 36.8 Å². The molecule has 0 aromatic heterocycles. The molecule has 1 atom stereocenters. The van der Waals surface area contributed by atoms with Crippen LogP contribution in [0.5, 0.6) is 0 Å². The van der Waals surface area contributed by atoms with Crippen molar-refractivity contribution in [2.24, 2.45) is 10.4 Å². The Labute approximate surface area is 116 Å². The van der Waals surface area contributed by atoms with Gasteiger partial charge in [-0.3, -0.25) is 4.99 Å². The van der Waals surface area contributed by atoms with E-state index in [2.05, 4.69) is 51.3 Å². The maximum absolute atomic E-state index is 4.75. The minimum absolute atomic E-state index is 0.252. The summed E-state index contributed by atoms with van der Waals surface area (Å²) < 4.78 is 0. The Morgan fingerprint density at radius 3 is 2.58 bits per heavy atom. The summed E-state index contributed by atoms with van der Waals surface area (Å²) in [6.45, 7) is 7.08. The van der Waals surface area contributed by atoms with Crippen molar-refractivity contribution in [1.82, 2.24) is 0 Å². The van der Waals surface area contributed by atoms with Gasteiger partial charge in [0.05, 0.1) is 5.69 Å². The zero-order valence-electron chi connectivity index (χ0n) is 12.2. The predicted octanol–water partition coefficient (Wildman–Crippen LogP) is 5.40. The van der Waals surface area contributed by atoms with Crippen LogP contribution in [0, 0.1) is 5.41 Å². The fourth-order valence-corrected chi connectivity index (χ4v) is 3.60. The highest BCUT2D eigenvalue weighted by molar-refractivity contribution is 5.85. The van der Waals surface area contributed by atoms with E-state index in [4.69, 9.17) is 4.99 Å². The van der Waals surface area contributed by atoms with Crippen LogP contribution < -0.4 is 0 Å². The molecule has 1 aliphatic carbocycles. The zero-order chi connectivity index (χ0) is 13.5. The molecule has 0 N–H and O–H groups in total. The minimum atomic E-state index is 0.252. The van der Waals surface area contributed by atoms with Crippen LogP contribution >= 0.6 is 0 Å². The normalized spacial score (nSPS) is 22.8. The SMILES string of the molecule is CC(C)(C)C1C2=C(C=Nc3ccccc31)CCCC2. The van der Waals surface area contributed by atoms with Gasteiger partial charge in [-0.15, -0.1) is 0 Å². The molecular weight excluding hydrogens is 230 g/mol. The number of nitrogens with zero attached hydrogens (tertiary/aromatic N) is 1. The van der Waals surface area contributed by atoms with Crippen LogP contribution in [-0.2, 0) is 0 Å². The van der Waals surface area contributed by atoms with E-state index in [-0.39, 0.29) is 5.41 Å². The number of rotatable bonds is 0. The average Bonchev–Trinajstić information content (AvgIpc) is 2.54. The highest BCUT2D eigenvalue weighted by atomic mass is 14.7. The van der Waals surface area contributed by atoms with E-state index in [9.17, 15) is 0 Å². The molecule has 0 bridgehead atoms. The largest absolute Gasteiger partial charge is 0.256 e. The fraction of sp³-hybridized carbons (Fsp3) is 0.500. The molecule has 0 saturated heterocycles. The molecule has 1 nitrogen and oxygen atoms in total. The quantitative estimate of drug-likeness (QED) is 0.586. The summed E-state index contributed by atoms with van der Waals surface area (Å²) in [4.78, 5) is 4.75. The van der Waals surface area contributed by atoms with Gasteiger partial charge in [0.25, 0.3) is 0 Å². The van der Waals surface area contributed by atoms with Gasteiger partial charge >= 0.3 is 0 Å². The number of fused-ring (bicyclic) bond motifs is 1. The van der Waals surface area contributed by atoms with Crippen molar-refractivity contribution in [2.45, 2.75) is 52.4 Å². The van der Waals surface area contributed by atoms with E-state index >= 15 is 0 Å². The molecule has 1 unspecified atom stereocenters. The monoisotopic (exact) mass is 253 g/mol. The third-order valence-electron chi connectivity index (χ3n) is 4.38. The first-order valence-corrected chi connectivity index (χ1v) is 7.42. The zero-order valence-corrected chi connectivity index (χ0v) is 12.2. The standard InChI is InChI=1S/C18H23N/c1-18(2,3)17-14-9-5-4-8-13(14)12-19-16-11-7-6-10-15(16)17/h6-7,10-12,17H,4-5,8-9H2,1-3H3. The van der Waals surface area contributed by atoms with Crippen molar-refractivity contribution in [3.8, 4) is 0 Å². The second-order valence-electron chi connectivity index (χ2n) is 6.87. The first kappa shape index (κ1) is 12.7. The molecule has 0 fully saturated rings. The summed E-state index contributed by atoms with van der Waals surface area (Å²) in [7, 11) is 0. The van der Waals surface area contributed by atoms with Crippen LogP contribution in [0.1, 0.15) is 57.9 Å². The molecule has 3 rings (SSSR count). The number of benzene rings is 1. The van der Waals surface area contributed by atoms with Crippen LogP contribution in [0.15, 0.2) is 40.4 Å². The minimum Gasteiger partial charge on any atom is -0.256 e. The third kappa shape index (κ3) is 2.27. The molecule has 1 aromatic rings. The molecule has 0 amide bonds. The van der Waals surface area contributed by atoms with Crippen LogP contribution in [0.3, 0.4) is 0 Å². The Morgan fingerprint density at radius 1 is 1.05 bits per heavy atom. The van der Waals surface area contributed by atoms with Gasteiger partial charge in [0, 0.05) is 12.1 Å². The molecule has 1 aromatic carbocycles. The topological polar surface area (TPSA) is 12.4 Å². The van der Waals surface area contributed by atoms with Crippen molar-refractivity contribution < 1.29 is 0 Å². The summed E-state index contributed by atoms with van der Waals surface area (Å²) in [5.74, 6) is 0.515. The molecule has 0 saturated carbocycles. The van der Waals surface area contributed by atoms with E-state index in [0.29, 0.717) is 5.92 Å². The number of hydrogen-bond donors (Lipinski definition) is 0. The molecule has 1 heteroatoms. The Morgan fingerprint density at radius 2 is 1.79 bits per heavy atom. The number of hydrogen-bond acceptors (Lipinski definition) is 1. The molecule has 1 aliphatic heterocycles. The molecule has 100 valence electrons. The highest BCUT2D eigenvalue weighted by Crippen LogP contribution is 2.49.